The van der Waals surface area contributed by atoms with Gasteiger partial charge in [0.05, 0.1) is 24.7 Å². The highest BCUT2D eigenvalue weighted by molar-refractivity contribution is 5.95. The summed E-state index contributed by atoms with van der Waals surface area (Å²) >= 11 is 0. The molecule has 0 aliphatic carbocycles. The molecule has 29 heavy (non-hydrogen) atoms. The molecule has 8 heteroatoms. The molecular formula is C21H26N4O4. The van der Waals surface area contributed by atoms with E-state index in [-0.39, 0.29) is 36.6 Å². The van der Waals surface area contributed by atoms with E-state index < -0.39 is 5.91 Å². The van der Waals surface area contributed by atoms with E-state index in [1.807, 2.05) is 30.3 Å². The van der Waals surface area contributed by atoms with Crippen molar-refractivity contribution in [3.05, 3.63) is 53.7 Å². The molecular weight excluding hydrogens is 372 g/mol. The lowest BCUT2D eigenvalue weighted by molar-refractivity contribution is -0.134. The Bertz CT molecular complexity index is 849. The lowest BCUT2D eigenvalue weighted by atomic mass is 10.00. The highest BCUT2D eigenvalue weighted by Crippen LogP contribution is 2.26. The van der Waals surface area contributed by atoms with Gasteiger partial charge in [0.2, 0.25) is 17.6 Å². The van der Waals surface area contributed by atoms with E-state index in [4.69, 9.17) is 4.42 Å². The van der Waals surface area contributed by atoms with E-state index in [2.05, 4.69) is 15.6 Å². The van der Waals surface area contributed by atoms with Crippen LogP contribution in [0, 0.1) is 6.92 Å². The number of nitrogens with one attached hydrogen (secondary N) is 2. The summed E-state index contributed by atoms with van der Waals surface area (Å²) in [6.07, 6.45) is 4.01. The highest BCUT2D eigenvalue weighted by atomic mass is 16.3. The molecule has 2 heterocycles. The Labute approximate surface area is 169 Å². The minimum Gasteiger partial charge on any atom is -0.438 e. The molecule has 1 aliphatic rings. The second-order valence-electron chi connectivity index (χ2n) is 7.08. The number of amides is 3. The first-order valence-electron chi connectivity index (χ1n) is 9.85. The summed E-state index contributed by atoms with van der Waals surface area (Å²) in [5.41, 5.74) is 1.36. The lowest BCUT2D eigenvalue weighted by Gasteiger charge is -2.33. The van der Waals surface area contributed by atoms with Gasteiger partial charge in [0, 0.05) is 13.1 Å². The van der Waals surface area contributed by atoms with E-state index in [0.29, 0.717) is 18.8 Å². The van der Waals surface area contributed by atoms with Crippen LogP contribution in [0.2, 0.25) is 0 Å². The molecule has 2 aromatic rings. The van der Waals surface area contributed by atoms with Gasteiger partial charge in [-0.25, -0.2) is 4.98 Å². The molecule has 154 valence electrons. The Hall–Kier alpha value is -3.16. The van der Waals surface area contributed by atoms with Crippen LogP contribution < -0.4 is 10.6 Å². The Balaban J connectivity index is 1.76. The van der Waals surface area contributed by atoms with Crippen molar-refractivity contribution in [2.45, 2.75) is 38.6 Å². The molecule has 8 nitrogen and oxygen atoms in total. The first-order valence-corrected chi connectivity index (χ1v) is 9.85. The van der Waals surface area contributed by atoms with Crippen molar-refractivity contribution in [2.75, 3.05) is 19.6 Å². The number of oxazole rings is 1. The fourth-order valence-corrected chi connectivity index (χ4v) is 3.45. The summed E-state index contributed by atoms with van der Waals surface area (Å²) in [4.78, 5) is 43.3. The predicted octanol–water partition coefficient (Wildman–Crippen LogP) is 1.97. The molecule has 0 saturated carbocycles. The largest absolute Gasteiger partial charge is 0.438 e. The van der Waals surface area contributed by atoms with Crippen molar-refractivity contribution in [1.82, 2.24) is 20.5 Å². The number of carbonyl (C=O) groups is 3. The number of carbonyl (C=O) groups excluding carboxylic acids is 3. The van der Waals surface area contributed by atoms with E-state index in [0.717, 1.165) is 24.8 Å². The fourth-order valence-electron chi connectivity index (χ4n) is 3.45. The number of hydrogen-bond acceptors (Lipinski definition) is 5. The van der Waals surface area contributed by atoms with Crippen LogP contribution in [-0.4, -0.2) is 47.2 Å². The standard InChI is InChI=1S/C21H26N4O4/c1-15-20(29-14-24-15)21(28)23-13-19(27)25-11-7-3-6-10-22-18(26)12-17(25)16-8-4-2-5-9-16/h2,4-5,8-9,14,17H,3,6-7,10-13H2,1H3,(H,22,26)(H,23,28). The minimum atomic E-state index is -0.483. The topological polar surface area (TPSA) is 105 Å². The smallest absolute Gasteiger partial charge is 0.289 e. The number of aromatic nitrogens is 1. The normalized spacial score (nSPS) is 18.0. The molecule has 0 radical (unpaired) electrons. The van der Waals surface area contributed by atoms with Crippen molar-refractivity contribution in [3.63, 3.8) is 0 Å². The van der Waals surface area contributed by atoms with Gasteiger partial charge >= 0.3 is 0 Å². The van der Waals surface area contributed by atoms with Crippen LogP contribution in [0.5, 0.6) is 0 Å². The van der Waals surface area contributed by atoms with Crippen molar-refractivity contribution in [1.29, 1.82) is 0 Å². The van der Waals surface area contributed by atoms with E-state index in [1.165, 1.54) is 6.39 Å². The average molecular weight is 398 g/mol. The van der Waals surface area contributed by atoms with Gasteiger partial charge in [-0.2, -0.15) is 0 Å². The monoisotopic (exact) mass is 398 g/mol. The number of aryl methyl sites for hydroxylation is 1. The van der Waals surface area contributed by atoms with Crippen LogP contribution in [0.3, 0.4) is 0 Å². The third-order valence-electron chi connectivity index (χ3n) is 5.01. The van der Waals surface area contributed by atoms with Gasteiger partial charge in [0.1, 0.15) is 0 Å². The molecule has 2 N–H and O–H groups in total. The first-order chi connectivity index (χ1) is 14.1. The van der Waals surface area contributed by atoms with Crippen LogP contribution in [0.25, 0.3) is 0 Å². The number of rotatable bonds is 4. The molecule has 1 aliphatic heterocycles. The van der Waals surface area contributed by atoms with Crippen LogP contribution in [0.15, 0.2) is 41.1 Å². The van der Waals surface area contributed by atoms with Crippen molar-refractivity contribution < 1.29 is 18.8 Å². The minimum absolute atomic E-state index is 0.0835. The SMILES string of the molecule is Cc1ncoc1C(=O)NCC(=O)N1CCCCCNC(=O)CC1c1ccccc1. The Morgan fingerprint density at radius 3 is 2.76 bits per heavy atom. The fraction of sp³-hybridized carbons (Fsp3) is 0.429. The molecule has 1 atom stereocenters. The maximum absolute atomic E-state index is 13.0. The van der Waals surface area contributed by atoms with E-state index in [9.17, 15) is 14.4 Å². The summed E-state index contributed by atoms with van der Waals surface area (Å²) in [6, 6.07) is 9.13. The number of nitrogens with zero attached hydrogens (tertiary/aromatic N) is 2. The zero-order valence-electron chi connectivity index (χ0n) is 16.5. The molecule has 0 bridgehead atoms. The van der Waals surface area contributed by atoms with E-state index in [1.54, 1.807) is 11.8 Å². The summed E-state index contributed by atoms with van der Waals surface area (Å²) < 4.78 is 5.07. The molecule has 1 fully saturated rings. The molecule has 3 amide bonds. The third-order valence-corrected chi connectivity index (χ3v) is 5.01. The van der Waals surface area contributed by atoms with Crippen molar-refractivity contribution in [2.24, 2.45) is 0 Å². The average Bonchev–Trinajstić information content (AvgIpc) is 3.16. The van der Waals surface area contributed by atoms with Gasteiger partial charge in [0.15, 0.2) is 6.39 Å². The van der Waals surface area contributed by atoms with Gasteiger partial charge in [0.25, 0.3) is 5.91 Å². The third kappa shape index (κ3) is 5.43. The maximum Gasteiger partial charge on any atom is 0.289 e. The Morgan fingerprint density at radius 1 is 1.24 bits per heavy atom. The van der Waals surface area contributed by atoms with E-state index >= 15 is 0 Å². The second-order valence-corrected chi connectivity index (χ2v) is 7.08. The van der Waals surface area contributed by atoms with Crippen LogP contribution >= 0.6 is 0 Å². The molecule has 3 rings (SSSR count). The van der Waals surface area contributed by atoms with Gasteiger partial charge in [-0.05, 0) is 31.7 Å². The quantitative estimate of drug-likeness (QED) is 0.819. The molecule has 1 aromatic carbocycles. The van der Waals surface area contributed by atoms with Crippen LogP contribution in [0.1, 0.15) is 53.5 Å². The van der Waals surface area contributed by atoms with Gasteiger partial charge < -0.3 is 20.0 Å². The summed E-state index contributed by atoms with van der Waals surface area (Å²) in [5, 5.41) is 5.53. The Morgan fingerprint density at radius 2 is 2.03 bits per heavy atom. The molecule has 0 spiro atoms. The number of benzene rings is 1. The van der Waals surface area contributed by atoms with Crippen molar-refractivity contribution in [3.8, 4) is 0 Å². The maximum atomic E-state index is 13.0. The van der Waals surface area contributed by atoms with Gasteiger partial charge in [-0.15, -0.1) is 0 Å². The summed E-state index contributed by atoms with van der Waals surface area (Å²) in [6.45, 7) is 2.67. The summed E-state index contributed by atoms with van der Waals surface area (Å²) in [5.74, 6) is -0.709. The first kappa shape index (κ1) is 20.6. The Kier molecular flexibility index (Phi) is 6.99. The summed E-state index contributed by atoms with van der Waals surface area (Å²) in [7, 11) is 0. The van der Waals surface area contributed by atoms with Crippen LogP contribution in [0.4, 0.5) is 0 Å². The zero-order valence-corrected chi connectivity index (χ0v) is 16.5. The van der Waals surface area contributed by atoms with Gasteiger partial charge in [-0.1, -0.05) is 30.3 Å². The molecule has 1 unspecified atom stereocenters. The highest BCUT2D eigenvalue weighted by Gasteiger charge is 2.28. The zero-order chi connectivity index (χ0) is 20.6. The lowest BCUT2D eigenvalue weighted by Crippen LogP contribution is -2.44. The predicted molar refractivity (Wildman–Crippen MR) is 106 cm³/mol. The van der Waals surface area contributed by atoms with Crippen molar-refractivity contribution >= 4 is 17.7 Å². The number of hydrogen-bond donors (Lipinski definition) is 2. The van der Waals surface area contributed by atoms with Crippen LogP contribution in [-0.2, 0) is 9.59 Å². The molecule has 1 aromatic heterocycles. The van der Waals surface area contributed by atoms with Gasteiger partial charge in [-0.3, -0.25) is 14.4 Å². The molecule has 1 saturated heterocycles. The second kappa shape index (κ2) is 9.86.